The van der Waals surface area contributed by atoms with Crippen molar-refractivity contribution in [3.05, 3.63) is 81.7 Å². The second kappa shape index (κ2) is 7.32. The minimum Gasteiger partial charge on any atom is -0.326 e. The van der Waals surface area contributed by atoms with Gasteiger partial charge >= 0.3 is 0 Å². The SMILES string of the molecule is Cc1ccnc(NC(=O)C[C@@H](c2cccs2)N2Cc3ccccc3C2=O)c1. The lowest BCUT2D eigenvalue weighted by atomic mass is 10.1. The van der Waals surface area contributed by atoms with Gasteiger partial charge in [0.05, 0.1) is 12.5 Å². The number of hydrogen-bond donors (Lipinski definition) is 1. The zero-order valence-corrected chi connectivity index (χ0v) is 15.7. The van der Waals surface area contributed by atoms with E-state index in [2.05, 4.69) is 10.3 Å². The smallest absolute Gasteiger partial charge is 0.255 e. The second-order valence-corrected chi connectivity index (χ2v) is 7.57. The molecule has 1 aromatic carbocycles. The molecule has 1 aliphatic rings. The van der Waals surface area contributed by atoms with Gasteiger partial charge in [0.1, 0.15) is 5.82 Å². The lowest BCUT2D eigenvalue weighted by Crippen LogP contribution is -2.31. The molecule has 3 heterocycles. The van der Waals surface area contributed by atoms with E-state index in [9.17, 15) is 9.59 Å². The van der Waals surface area contributed by atoms with E-state index < -0.39 is 0 Å². The molecule has 0 spiro atoms. The average Bonchev–Trinajstić information content (AvgIpc) is 3.29. The minimum atomic E-state index is -0.297. The first-order valence-electron chi connectivity index (χ1n) is 8.76. The molecule has 0 saturated carbocycles. The summed E-state index contributed by atoms with van der Waals surface area (Å²) in [6.07, 6.45) is 1.86. The predicted octanol–water partition coefficient (Wildman–Crippen LogP) is 4.18. The summed E-state index contributed by atoms with van der Waals surface area (Å²) < 4.78 is 0. The number of thiophene rings is 1. The first-order chi connectivity index (χ1) is 13.1. The quantitative estimate of drug-likeness (QED) is 0.726. The largest absolute Gasteiger partial charge is 0.326 e. The number of benzene rings is 1. The molecule has 2 aromatic heterocycles. The molecule has 0 bridgehead atoms. The molecule has 1 N–H and O–H groups in total. The van der Waals surface area contributed by atoms with Crippen LogP contribution in [0, 0.1) is 6.92 Å². The van der Waals surface area contributed by atoms with Crippen molar-refractivity contribution in [2.45, 2.75) is 25.9 Å². The van der Waals surface area contributed by atoms with Gasteiger partial charge in [-0.1, -0.05) is 24.3 Å². The fourth-order valence-electron chi connectivity index (χ4n) is 3.35. The third kappa shape index (κ3) is 3.61. The Labute approximate surface area is 161 Å². The maximum atomic E-state index is 12.9. The van der Waals surface area contributed by atoms with Crippen LogP contribution >= 0.6 is 11.3 Å². The van der Waals surface area contributed by atoms with E-state index >= 15 is 0 Å². The number of aryl methyl sites for hydroxylation is 1. The molecular formula is C21H19N3O2S. The van der Waals surface area contributed by atoms with Crippen LogP contribution in [0.5, 0.6) is 0 Å². The van der Waals surface area contributed by atoms with Gasteiger partial charge in [0.2, 0.25) is 5.91 Å². The Morgan fingerprint density at radius 1 is 1.26 bits per heavy atom. The highest BCUT2D eigenvalue weighted by Crippen LogP contribution is 2.35. The summed E-state index contributed by atoms with van der Waals surface area (Å²) in [6.45, 7) is 2.47. The van der Waals surface area contributed by atoms with E-state index in [1.54, 1.807) is 22.4 Å². The van der Waals surface area contributed by atoms with Crippen molar-refractivity contribution in [2.75, 3.05) is 5.32 Å². The van der Waals surface area contributed by atoms with E-state index in [1.807, 2.05) is 60.8 Å². The topological polar surface area (TPSA) is 62.3 Å². The van der Waals surface area contributed by atoms with E-state index in [4.69, 9.17) is 0 Å². The number of carbonyl (C=O) groups is 2. The molecule has 6 heteroatoms. The van der Waals surface area contributed by atoms with Crippen LogP contribution in [0.4, 0.5) is 5.82 Å². The number of nitrogens with one attached hydrogen (secondary N) is 1. The monoisotopic (exact) mass is 377 g/mol. The number of rotatable bonds is 5. The van der Waals surface area contributed by atoms with Gasteiger partial charge < -0.3 is 10.2 Å². The maximum Gasteiger partial charge on any atom is 0.255 e. The van der Waals surface area contributed by atoms with Crippen LogP contribution in [0.1, 0.15) is 38.8 Å². The Morgan fingerprint density at radius 2 is 2.11 bits per heavy atom. The van der Waals surface area contributed by atoms with Crippen molar-refractivity contribution in [1.82, 2.24) is 9.88 Å². The summed E-state index contributed by atoms with van der Waals surface area (Å²) >= 11 is 1.56. The third-order valence-corrected chi connectivity index (χ3v) is 5.63. The van der Waals surface area contributed by atoms with Crippen molar-refractivity contribution in [1.29, 1.82) is 0 Å². The van der Waals surface area contributed by atoms with E-state index in [-0.39, 0.29) is 24.3 Å². The van der Waals surface area contributed by atoms with E-state index in [0.29, 0.717) is 12.4 Å². The Kier molecular flexibility index (Phi) is 4.73. The zero-order chi connectivity index (χ0) is 18.8. The third-order valence-electron chi connectivity index (χ3n) is 4.66. The fraction of sp³-hybridized carbons (Fsp3) is 0.190. The Bertz CT molecular complexity index is 985. The predicted molar refractivity (Wildman–Crippen MR) is 106 cm³/mol. The molecule has 2 amide bonds. The fourth-order valence-corrected chi connectivity index (χ4v) is 4.19. The van der Waals surface area contributed by atoms with Gasteiger partial charge in [-0.15, -0.1) is 11.3 Å². The summed E-state index contributed by atoms with van der Waals surface area (Å²) in [5.41, 5.74) is 2.75. The van der Waals surface area contributed by atoms with Gasteiger partial charge in [0, 0.05) is 23.2 Å². The summed E-state index contributed by atoms with van der Waals surface area (Å²) in [7, 11) is 0. The highest BCUT2D eigenvalue weighted by molar-refractivity contribution is 7.10. The van der Waals surface area contributed by atoms with Gasteiger partial charge in [-0.3, -0.25) is 9.59 Å². The van der Waals surface area contributed by atoms with Gasteiger partial charge in [-0.05, 0) is 47.7 Å². The summed E-state index contributed by atoms with van der Waals surface area (Å²) in [4.78, 5) is 32.6. The number of hydrogen-bond acceptors (Lipinski definition) is 4. The Balaban J connectivity index is 1.56. The molecule has 0 radical (unpaired) electrons. The molecule has 1 atom stereocenters. The number of aromatic nitrogens is 1. The minimum absolute atomic E-state index is 0.0227. The number of carbonyl (C=O) groups excluding carboxylic acids is 2. The molecule has 27 heavy (non-hydrogen) atoms. The second-order valence-electron chi connectivity index (χ2n) is 6.59. The highest BCUT2D eigenvalue weighted by atomic mass is 32.1. The highest BCUT2D eigenvalue weighted by Gasteiger charge is 2.34. The molecule has 136 valence electrons. The molecule has 0 saturated heterocycles. The maximum absolute atomic E-state index is 12.9. The normalized spacial score (nSPS) is 14.1. The number of nitrogens with zero attached hydrogens (tertiary/aromatic N) is 2. The van der Waals surface area contributed by atoms with Crippen LogP contribution in [0.2, 0.25) is 0 Å². The molecule has 0 aliphatic carbocycles. The van der Waals surface area contributed by atoms with Crippen molar-refractivity contribution in [2.24, 2.45) is 0 Å². The van der Waals surface area contributed by atoms with Crippen LogP contribution < -0.4 is 5.32 Å². The molecule has 1 aliphatic heterocycles. The van der Waals surface area contributed by atoms with Gasteiger partial charge in [-0.25, -0.2) is 4.98 Å². The van der Waals surface area contributed by atoms with Crippen molar-refractivity contribution < 1.29 is 9.59 Å². The van der Waals surface area contributed by atoms with Crippen molar-refractivity contribution in [3.63, 3.8) is 0 Å². The standard InChI is InChI=1S/C21H19N3O2S/c1-14-8-9-22-19(11-14)23-20(25)12-17(18-7-4-10-27-18)24-13-15-5-2-3-6-16(15)21(24)26/h2-11,17H,12-13H2,1H3,(H,22,23,25)/t17-/m0/s1. The summed E-state index contributed by atoms with van der Waals surface area (Å²) in [6, 6.07) is 15.0. The number of pyridine rings is 1. The van der Waals surface area contributed by atoms with Crippen LogP contribution in [0.25, 0.3) is 0 Å². The van der Waals surface area contributed by atoms with Crippen LogP contribution in [-0.4, -0.2) is 21.7 Å². The first-order valence-corrected chi connectivity index (χ1v) is 9.64. The summed E-state index contributed by atoms with van der Waals surface area (Å²) in [5, 5.41) is 4.82. The number of anilines is 1. The Morgan fingerprint density at radius 3 is 2.85 bits per heavy atom. The molecule has 4 rings (SSSR count). The molecule has 0 fully saturated rings. The average molecular weight is 377 g/mol. The van der Waals surface area contributed by atoms with Crippen LogP contribution in [-0.2, 0) is 11.3 Å². The zero-order valence-electron chi connectivity index (χ0n) is 14.9. The molecule has 3 aromatic rings. The Hall–Kier alpha value is -2.99. The molecular weight excluding hydrogens is 358 g/mol. The van der Waals surface area contributed by atoms with Gasteiger partial charge in [0.25, 0.3) is 5.91 Å². The lowest BCUT2D eigenvalue weighted by molar-refractivity contribution is -0.117. The lowest BCUT2D eigenvalue weighted by Gasteiger charge is -2.26. The van der Waals surface area contributed by atoms with Crippen LogP contribution in [0.3, 0.4) is 0 Å². The van der Waals surface area contributed by atoms with E-state index in [1.165, 1.54) is 0 Å². The van der Waals surface area contributed by atoms with Crippen LogP contribution in [0.15, 0.2) is 60.1 Å². The van der Waals surface area contributed by atoms with Gasteiger partial charge in [0.15, 0.2) is 0 Å². The molecule has 5 nitrogen and oxygen atoms in total. The van der Waals surface area contributed by atoms with Crippen molar-refractivity contribution >= 4 is 29.0 Å². The summed E-state index contributed by atoms with van der Waals surface area (Å²) in [5.74, 6) is 0.349. The van der Waals surface area contributed by atoms with Crippen molar-refractivity contribution in [3.8, 4) is 0 Å². The number of amides is 2. The molecule has 0 unspecified atom stereocenters. The van der Waals surface area contributed by atoms with E-state index in [0.717, 1.165) is 21.6 Å². The number of fused-ring (bicyclic) bond motifs is 1. The first kappa shape index (κ1) is 17.4. The van der Waals surface area contributed by atoms with Gasteiger partial charge in [-0.2, -0.15) is 0 Å².